The first-order chi connectivity index (χ1) is 15.3. The lowest BCUT2D eigenvalue weighted by atomic mass is 10.1. The zero-order chi connectivity index (χ0) is 20.8. The molecule has 0 aliphatic rings. The predicted molar refractivity (Wildman–Crippen MR) is 122 cm³/mol. The van der Waals surface area contributed by atoms with Crippen LogP contribution < -0.4 is 5.56 Å². The van der Waals surface area contributed by atoms with Gasteiger partial charge in [0, 0.05) is 46.9 Å². The molecule has 0 fully saturated rings. The molecule has 0 spiro atoms. The molecule has 148 valence electrons. The highest BCUT2D eigenvalue weighted by molar-refractivity contribution is 7.17. The van der Waals surface area contributed by atoms with Crippen molar-refractivity contribution in [2.45, 2.75) is 0 Å². The van der Waals surface area contributed by atoms with Crippen LogP contribution in [0, 0.1) is 0 Å². The van der Waals surface area contributed by atoms with Gasteiger partial charge in [-0.05, 0) is 42.0 Å². The number of nitrogens with one attached hydrogen (secondary N) is 2. The molecule has 0 aliphatic heterocycles. The average molecular weight is 422 g/mol. The fourth-order valence-corrected chi connectivity index (χ4v) is 4.58. The van der Waals surface area contributed by atoms with Crippen LogP contribution in [0.15, 0.2) is 77.4 Å². The highest BCUT2D eigenvalue weighted by Gasteiger charge is 2.15. The molecule has 0 aliphatic carbocycles. The summed E-state index contributed by atoms with van der Waals surface area (Å²) < 4.78 is 0. The Kier molecular flexibility index (Phi) is 3.97. The minimum absolute atomic E-state index is 0.157. The highest BCUT2D eigenvalue weighted by atomic mass is 32.1. The van der Waals surface area contributed by atoms with Crippen LogP contribution in [-0.4, -0.2) is 29.9 Å². The summed E-state index contributed by atoms with van der Waals surface area (Å²) in [6.45, 7) is 0. The second kappa shape index (κ2) is 6.96. The van der Waals surface area contributed by atoms with Gasteiger partial charge in [-0.1, -0.05) is 6.07 Å². The second-order valence-corrected chi connectivity index (χ2v) is 7.89. The van der Waals surface area contributed by atoms with E-state index in [0.29, 0.717) is 16.0 Å². The number of pyridine rings is 2. The van der Waals surface area contributed by atoms with E-state index in [9.17, 15) is 4.79 Å². The Morgan fingerprint density at radius 1 is 0.742 bits per heavy atom. The Labute approximate surface area is 179 Å². The van der Waals surface area contributed by atoms with Gasteiger partial charge in [0.2, 0.25) is 0 Å². The first kappa shape index (κ1) is 17.7. The van der Waals surface area contributed by atoms with Crippen molar-refractivity contribution in [3.63, 3.8) is 0 Å². The molecule has 2 N–H and O–H groups in total. The predicted octanol–water partition coefficient (Wildman–Crippen LogP) is 4.65. The number of hydrogen-bond acceptors (Lipinski definition) is 6. The molecule has 0 saturated heterocycles. The zero-order valence-electron chi connectivity index (χ0n) is 16.0. The van der Waals surface area contributed by atoms with E-state index in [1.54, 1.807) is 24.8 Å². The molecular weight excluding hydrogens is 408 g/mol. The molecule has 5 aromatic heterocycles. The van der Waals surface area contributed by atoms with Crippen LogP contribution >= 0.6 is 11.3 Å². The lowest BCUT2D eigenvalue weighted by molar-refractivity contribution is 1.18. The van der Waals surface area contributed by atoms with Crippen LogP contribution in [0.3, 0.4) is 0 Å². The van der Waals surface area contributed by atoms with Crippen LogP contribution in [0.25, 0.3) is 55.2 Å². The van der Waals surface area contributed by atoms with Gasteiger partial charge in [0.05, 0.1) is 16.4 Å². The lowest BCUT2D eigenvalue weighted by Crippen LogP contribution is -2.09. The van der Waals surface area contributed by atoms with E-state index in [4.69, 9.17) is 0 Å². The number of rotatable bonds is 3. The molecule has 0 saturated carbocycles. The topological polar surface area (TPSA) is 100 Å². The van der Waals surface area contributed by atoms with Crippen molar-refractivity contribution in [1.82, 2.24) is 29.9 Å². The third-order valence-corrected chi connectivity index (χ3v) is 6.02. The summed E-state index contributed by atoms with van der Waals surface area (Å²) >= 11 is 1.46. The van der Waals surface area contributed by atoms with Crippen molar-refractivity contribution >= 4 is 32.6 Å². The monoisotopic (exact) mass is 422 g/mol. The molecule has 0 radical (unpaired) electrons. The van der Waals surface area contributed by atoms with Gasteiger partial charge in [-0.3, -0.25) is 14.8 Å². The molecule has 0 unspecified atom stereocenters. The standard InChI is InChI=1S/C23H14N6OS/c30-22-19-16(12-31-23(19)29-21(28-22)14-5-9-25-10-6-14)15-1-2-17-18(11-15)27-20(26-17)13-3-7-24-8-4-13/h1-12H,(H,26,27)(H,28,29,30). The summed E-state index contributed by atoms with van der Waals surface area (Å²) in [5, 5.41) is 2.57. The molecule has 0 bridgehead atoms. The Morgan fingerprint density at radius 3 is 2.13 bits per heavy atom. The normalized spacial score (nSPS) is 11.4. The maximum Gasteiger partial charge on any atom is 0.260 e. The number of hydrogen-bond donors (Lipinski definition) is 2. The summed E-state index contributed by atoms with van der Waals surface area (Å²) in [7, 11) is 0. The summed E-state index contributed by atoms with van der Waals surface area (Å²) in [5.41, 5.74) is 5.20. The fraction of sp³-hybridized carbons (Fsp3) is 0. The number of thiophene rings is 1. The molecular formula is C23H14N6OS. The van der Waals surface area contributed by atoms with E-state index in [1.807, 2.05) is 47.8 Å². The lowest BCUT2D eigenvalue weighted by Gasteiger charge is -2.02. The number of aromatic amines is 2. The first-order valence-corrected chi connectivity index (χ1v) is 10.5. The number of nitrogens with zero attached hydrogens (tertiary/aromatic N) is 4. The van der Waals surface area contributed by atoms with Crippen molar-refractivity contribution in [2.75, 3.05) is 0 Å². The van der Waals surface area contributed by atoms with Crippen molar-refractivity contribution < 1.29 is 0 Å². The third kappa shape index (κ3) is 3.01. The Morgan fingerprint density at radius 2 is 1.42 bits per heavy atom. The number of benzene rings is 1. The Bertz CT molecular complexity index is 1600. The van der Waals surface area contributed by atoms with E-state index in [1.165, 1.54) is 11.3 Å². The van der Waals surface area contributed by atoms with E-state index < -0.39 is 0 Å². The van der Waals surface area contributed by atoms with E-state index in [0.717, 1.165) is 39.1 Å². The van der Waals surface area contributed by atoms with Gasteiger partial charge in [-0.15, -0.1) is 11.3 Å². The van der Waals surface area contributed by atoms with Crippen LogP contribution in [0.1, 0.15) is 0 Å². The van der Waals surface area contributed by atoms with Crippen molar-refractivity contribution in [1.29, 1.82) is 0 Å². The minimum Gasteiger partial charge on any atom is -0.338 e. The van der Waals surface area contributed by atoms with Gasteiger partial charge >= 0.3 is 0 Å². The van der Waals surface area contributed by atoms with Crippen LogP contribution in [0.2, 0.25) is 0 Å². The average Bonchev–Trinajstić information content (AvgIpc) is 3.44. The van der Waals surface area contributed by atoms with Crippen LogP contribution in [0.4, 0.5) is 0 Å². The van der Waals surface area contributed by atoms with Crippen molar-refractivity contribution in [2.24, 2.45) is 0 Å². The molecule has 8 heteroatoms. The molecule has 7 nitrogen and oxygen atoms in total. The number of fused-ring (bicyclic) bond motifs is 2. The van der Waals surface area contributed by atoms with Gasteiger partial charge in [-0.2, -0.15) is 0 Å². The highest BCUT2D eigenvalue weighted by Crippen LogP contribution is 2.33. The Balaban J connectivity index is 1.46. The quantitative estimate of drug-likeness (QED) is 0.432. The summed E-state index contributed by atoms with van der Waals surface area (Å²) in [6.07, 6.45) is 6.84. The van der Waals surface area contributed by atoms with E-state index in [2.05, 4.69) is 29.9 Å². The molecule has 5 heterocycles. The number of imidazole rings is 1. The molecule has 6 aromatic rings. The first-order valence-electron chi connectivity index (χ1n) is 9.59. The Hall–Kier alpha value is -4.17. The summed E-state index contributed by atoms with van der Waals surface area (Å²) in [4.78, 5) is 37.3. The smallest absolute Gasteiger partial charge is 0.260 e. The summed E-state index contributed by atoms with van der Waals surface area (Å²) in [5.74, 6) is 1.32. The maximum atomic E-state index is 13.0. The van der Waals surface area contributed by atoms with Gasteiger partial charge in [-0.25, -0.2) is 9.97 Å². The molecule has 1 aromatic carbocycles. The molecule has 0 amide bonds. The largest absolute Gasteiger partial charge is 0.338 e. The van der Waals surface area contributed by atoms with Crippen LogP contribution in [0.5, 0.6) is 0 Å². The van der Waals surface area contributed by atoms with Crippen molar-refractivity contribution in [3.05, 3.63) is 83.0 Å². The van der Waals surface area contributed by atoms with E-state index in [-0.39, 0.29) is 5.56 Å². The SMILES string of the molecule is O=c1[nH]c(-c2ccncc2)nc2scc(-c3ccc4nc(-c5ccncc5)[nH]c4c3)c12. The fourth-order valence-electron chi connectivity index (χ4n) is 3.63. The number of H-pyrrole nitrogens is 2. The van der Waals surface area contributed by atoms with Gasteiger partial charge in [0.25, 0.3) is 5.56 Å². The molecule has 31 heavy (non-hydrogen) atoms. The zero-order valence-corrected chi connectivity index (χ0v) is 16.9. The van der Waals surface area contributed by atoms with Gasteiger partial charge < -0.3 is 9.97 Å². The maximum absolute atomic E-state index is 13.0. The van der Waals surface area contributed by atoms with E-state index >= 15 is 0 Å². The number of aromatic nitrogens is 6. The van der Waals surface area contributed by atoms with Gasteiger partial charge in [0.15, 0.2) is 0 Å². The van der Waals surface area contributed by atoms with Crippen LogP contribution in [-0.2, 0) is 0 Å². The summed E-state index contributed by atoms with van der Waals surface area (Å²) in [6, 6.07) is 13.4. The third-order valence-electron chi connectivity index (χ3n) is 5.14. The minimum atomic E-state index is -0.157. The van der Waals surface area contributed by atoms with Crippen molar-refractivity contribution in [3.8, 4) is 33.9 Å². The second-order valence-electron chi connectivity index (χ2n) is 7.03. The molecule has 6 rings (SSSR count). The molecule has 0 atom stereocenters. The van der Waals surface area contributed by atoms with Gasteiger partial charge in [0.1, 0.15) is 16.5 Å².